The van der Waals surface area contributed by atoms with Crippen molar-refractivity contribution in [2.75, 3.05) is 26.3 Å². The minimum atomic E-state index is -1.47. The predicted octanol–water partition coefficient (Wildman–Crippen LogP) is 4.13. The van der Waals surface area contributed by atoms with Crippen LogP contribution in [0.2, 0.25) is 0 Å². The molecule has 2 saturated heterocycles. The fraction of sp³-hybridized carbons (Fsp3) is 0.667. The van der Waals surface area contributed by atoms with E-state index in [0.29, 0.717) is 32.0 Å². The molecule has 0 radical (unpaired) electrons. The van der Waals surface area contributed by atoms with Gasteiger partial charge in [-0.2, -0.15) is 0 Å². The van der Waals surface area contributed by atoms with Gasteiger partial charge < -0.3 is 19.1 Å². The number of carbonyl (C=O) groups is 1. The van der Waals surface area contributed by atoms with Crippen molar-refractivity contribution in [3.05, 3.63) is 41.5 Å². The third-order valence-corrected chi connectivity index (χ3v) is 8.60. The molecule has 2 fully saturated rings. The summed E-state index contributed by atoms with van der Waals surface area (Å²) in [6.07, 6.45) is 3.54. The second-order valence-electron chi connectivity index (χ2n) is 10.9. The van der Waals surface area contributed by atoms with Gasteiger partial charge in [0.15, 0.2) is 11.9 Å². The Morgan fingerprint density at radius 1 is 1.31 bits per heavy atom. The summed E-state index contributed by atoms with van der Waals surface area (Å²) in [5.74, 6) is 0.508. The van der Waals surface area contributed by atoms with Crippen molar-refractivity contribution in [3.8, 4) is 5.75 Å². The maximum atomic E-state index is 13.0. The molecule has 3 atom stereocenters. The molecule has 196 valence electrons. The number of nitrogens with zero attached hydrogens (tertiary/aromatic N) is 1. The maximum absolute atomic E-state index is 13.0. The van der Waals surface area contributed by atoms with Crippen LogP contribution in [-0.4, -0.2) is 58.0 Å². The third kappa shape index (κ3) is 6.73. The number of carbonyl (C=O) groups excluding carboxylic acids is 1. The van der Waals surface area contributed by atoms with Gasteiger partial charge in [-0.1, -0.05) is 18.7 Å². The first-order valence-corrected chi connectivity index (χ1v) is 13.7. The third-order valence-electron chi connectivity index (χ3n) is 7.34. The molecule has 1 amide bonds. The summed E-state index contributed by atoms with van der Waals surface area (Å²) in [6, 6.07) is 4.29. The van der Waals surface area contributed by atoms with Crippen LogP contribution in [0.1, 0.15) is 69.6 Å². The number of likely N-dealkylation sites (tertiary alicyclic amines) is 1. The molecule has 2 aliphatic rings. The van der Waals surface area contributed by atoms with Crippen LogP contribution in [0.5, 0.6) is 5.75 Å². The molecule has 2 heterocycles. The van der Waals surface area contributed by atoms with Gasteiger partial charge in [-0.15, -0.1) is 0 Å². The summed E-state index contributed by atoms with van der Waals surface area (Å²) in [5, 5.41) is 5.90. The molecule has 3 rings (SSSR count). The SMILES string of the molecule is C=CCOc1cc(C)c(C)cc1[C@@H](CC(C)(C)S(N)=O)C1CCN(C(=O)[C@H]2COC(C)(C)O2)CC1. The standard InChI is InChI=1S/C27H42N2O5S/c1-8-13-32-23-15-19(3)18(2)14-21(23)22(16-26(4,5)35(28)31)20-9-11-29(12-10-20)25(30)24-17-33-27(6,7)34-24/h8,14-15,20,22,24H,1,9-13,16-17,28H2,2-7H3/t22-,24+,35?/m0/s1. The zero-order valence-electron chi connectivity index (χ0n) is 22.1. The predicted molar refractivity (Wildman–Crippen MR) is 140 cm³/mol. The van der Waals surface area contributed by atoms with Crippen molar-refractivity contribution >= 4 is 16.9 Å². The number of piperidine rings is 1. The Kier molecular flexibility index (Phi) is 8.84. The van der Waals surface area contributed by atoms with E-state index in [9.17, 15) is 9.00 Å². The zero-order valence-corrected chi connectivity index (χ0v) is 22.9. The van der Waals surface area contributed by atoms with E-state index in [1.165, 1.54) is 5.56 Å². The Morgan fingerprint density at radius 3 is 2.49 bits per heavy atom. The van der Waals surface area contributed by atoms with Crippen LogP contribution >= 0.6 is 0 Å². The first kappa shape index (κ1) is 27.8. The van der Waals surface area contributed by atoms with Crippen LogP contribution in [-0.2, 0) is 25.3 Å². The number of benzene rings is 1. The molecule has 0 aromatic heterocycles. The molecular weight excluding hydrogens is 464 g/mol. The zero-order chi connectivity index (χ0) is 26.0. The van der Waals surface area contributed by atoms with Gasteiger partial charge in [-0.3, -0.25) is 9.93 Å². The normalized spacial score (nSPS) is 22.6. The fourth-order valence-corrected chi connectivity index (χ4v) is 5.40. The van der Waals surface area contributed by atoms with Crippen molar-refractivity contribution in [1.29, 1.82) is 0 Å². The number of rotatable bonds is 9. The van der Waals surface area contributed by atoms with Gasteiger partial charge in [0.1, 0.15) is 12.4 Å². The van der Waals surface area contributed by atoms with E-state index in [-0.39, 0.29) is 18.4 Å². The average molecular weight is 507 g/mol. The Hall–Kier alpha value is -1.74. The Bertz CT molecular complexity index is 953. The quantitative estimate of drug-likeness (QED) is 0.509. The number of nitrogens with two attached hydrogens (primary N) is 1. The highest BCUT2D eigenvalue weighted by atomic mass is 32.2. The van der Waals surface area contributed by atoms with Gasteiger partial charge in [-0.25, -0.2) is 4.21 Å². The molecule has 0 spiro atoms. The monoisotopic (exact) mass is 506 g/mol. The van der Waals surface area contributed by atoms with Crippen LogP contribution in [0.4, 0.5) is 0 Å². The highest BCUT2D eigenvalue weighted by molar-refractivity contribution is 7.84. The summed E-state index contributed by atoms with van der Waals surface area (Å²) in [5.41, 5.74) is 3.47. The molecule has 7 nitrogen and oxygen atoms in total. The molecule has 1 aromatic rings. The van der Waals surface area contributed by atoms with Gasteiger partial charge in [0, 0.05) is 13.1 Å². The molecule has 35 heavy (non-hydrogen) atoms. The topological polar surface area (TPSA) is 91.1 Å². The number of amides is 1. The second kappa shape index (κ2) is 11.1. The van der Waals surface area contributed by atoms with Crippen LogP contribution in [0.15, 0.2) is 24.8 Å². The van der Waals surface area contributed by atoms with Gasteiger partial charge in [0.05, 0.1) is 22.3 Å². The number of hydrogen-bond donors (Lipinski definition) is 1. The van der Waals surface area contributed by atoms with Crippen LogP contribution in [0.25, 0.3) is 0 Å². The van der Waals surface area contributed by atoms with E-state index in [1.807, 2.05) is 32.6 Å². The first-order chi connectivity index (χ1) is 16.3. The Morgan fingerprint density at radius 2 is 1.94 bits per heavy atom. The minimum absolute atomic E-state index is 0.00449. The number of ether oxygens (including phenoxy) is 3. The van der Waals surface area contributed by atoms with Gasteiger partial charge in [0.25, 0.3) is 5.91 Å². The van der Waals surface area contributed by atoms with E-state index >= 15 is 0 Å². The van der Waals surface area contributed by atoms with Crippen molar-refractivity contribution in [2.45, 2.75) is 83.4 Å². The summed E-state index contributed by atoms with van der Waals surface area (Å²) >= 11 is 0. The van der Waals surface area contributed by atoms with E-state index in [4.69, 9.17) is 19.3 Å². The van der Waals surface area contributed by atoms with Crippen molar-refractivity contribution < 1.29 is 23.2 Å². The highest BCUT2D eigenvalue weighted by Gasteiger charge is 2.41. The van der Waals surface area contributed by atoms with E-state index in [2.05, 4.69) is 32.6 Å². The van der Waals surface area contributed by atoms with E-state index in [0.717, 1.165) is 29.7 Å². The molecule has 2 N–H and O–H groups in total. The lowest BCUT2D eigenvalue weighted by Gasteiger charge is -2.40. The number of hydrogen-bond acceptors (Lipinski definition) is 5. The van der Waals surface area contributed by atoms with Crippen molar-refractivity contribution in [3.63, 3.8) is 0 Å². The molecule has 8 heteroatoms. The van der Waals surface area contributed by atoms with Crippen LogP contribution in [0.3, 0.4) is 0 Å². The van der Waals surface area contributed by atoms with Gasteiger partial charge in [0.2, 0.25) is 0 Å². The summed E-state index contributed by atoms with van der Waals surface area (Å²) in [4.78, 5) is 14.9. The number of aryl methyl sites for hydroxylation is 2. The average Bonchev–Trinajstić information content (AvgIpc) is 3.17. The largest absolute Gasteiger partial charge is 0.489 e. The Balaban J connectivity index is 1.84. The summed E-state index contributed by atoms with van der Waals surface area (Å²) < 4.78 is 29.3. The maximum Gasteiger partial charge on any atom is 0.254 e. The smallest absolute Gasteiger partial charge is 0.254 e. The minimum Gasteiger partial charge on any atom is -0.489 e. The van der Waals surface area contributed by atoms with Crippen molar-refractivity contribution in [2.24, 2.45) is 11.1 Å². The van der Waals surface area contributed by atoms with Crippen LogP contribution < -0.4 is 9.88 Å². The fourth-order valence-electron chi connectivity index (χ4n) is 5.05. The molecule has 0 aliphatic carbocycles. The van der Waals surface area contributed by atoms with E-state index < -0.39 is 27.6 Å². The molecule has 0 saturated carbocycles. The van der Waals surface area contributed by atoms with Gasteiger partial charge in [-0.05, 0) is 95.4 Å². The van der Waals surface area contributed by atoms with E-state index in [1.54, 1.807) is 6.08 Å². The first-order valence-electron chi connectivity index (χ1n) is 12.5. The molecular formula is C27H42N2O5S. The summed E-state index contributed by atoms with van der Waals surface area (Å²) in [7, 11) is -1.47. The lowest BCUT2D eigenvalue weighted by Crippen LogP contribution is -2.46. The molecule has 2 aliphatic heterocycles. The molecule has 0 bridgehead atoms. The Labute approximate surface area is 213 Å². The van der Waals surface area contributed by atoms with Crippen LogP contribution in [0, 0.1) is 19.8 Å². The lowest BCUT2D eigenvalue weighted by atomic mass is 9.75. The molecule has 1 aromatic carbocycles. The van der Waals surface area contributed by atoms with Gasteiger partial charge >= 0.3 is 0 Å². The highest BCUT2D eigenvalue weighted by Crippen LogP contribution is 2.44. The second-order valence-corrected chi connectivity index (χ2v) is 12.6. The van der Waals surface area contributed by atoms with Crippen molar-refractivity contribution in [1.82, 2.24) is 4.90 Å². The molecule has 1 unspecified atom stereocenters. The lowest BCUT2D eigenvalue weighted by molar-refractivity contribution is -0.161. The summed E-state index contributed by atoms with van der Waals surface area (Å²) in [6.45, 7) is 17.6.